The number of ether oxygens (including phenoxy) is 3. The zero-order valence-corrected chi connectivity index (χ0v) is 16.8. The molecule has 8 heteroatoms. The Morgan fingerprint density at radius 3 is 2.48 bits per heavy atom. The number of carbonyl (C=O) groups excluding carboxylic acids is 1. The minimum atomic E-state index is -0.518. The number of hydrazine groups is 1. The lowest BCUT2D eigenvalue weighted by molar-refractivity contribution is -0.127. The normalized spacial score (nSPS) is 14.9. The number of nitrogens with zero attached hydrogens (tertiary/aromatic N) is 2. The monoisotopic (exact) mass is 398 g/mol. The highest BCUT2D eigenvalue weighted by Crippen LogP contribution is 2.38. The number of carbonyl (C=O) groups is 1. The summed E-state index contributed by atoms with van der Waals surface area (Å²) >= 11 is 0. The van der Waals surface area contributed by atoms with Crippen molar-refractivity contribution in [2.75, 3.05) is 21.3 Å². The van der Waals surface area contributed by atoms with Gasteiger partial charge in [-0.25, -0.2) is 5.43 Å². The summed E-state index contributed by atoms with van der Waals surface area (Å²) in [4.78, 5) is 12.4. The fourth-order valence-corrected chi connectivity index (χ4v) is 3.24. The van der Waals surface area contributed by atoms with Gasteiger partial charge in [0.2, 0.25) is 11.7 Å². The number of hydrazone groups is 1. The molecule has 3 N–H and O–H groups in total. The highest BCUT2D eigenvalue weighted by atomic mass is 16.5. The van der Waals surface area contributed by atoms with Gasteiger partial charge >= 0.3 is 0 Å². The first-order chi connectivity index (χ1) is 14.1. The van der Waals surface area contributed by atoms with Gasteiger partial charge in [-0.05, 0) is 30.5 Å². The van der Waals surface area contributed by atoms with Crippen molar-refractivity contribution in [3.8, 4) is 17.2 Å². The van der Waals surface area contributed by atoms with Crippen molar-refractivity contribution in [2.45, 2.75) is 25.4 Å². The molecule has 0 bridgehead atoms. The molecule has 2 aromatic rings. The van der Waals surface area contributed by atoms with Crippen molar-refractivity contribution in [3.63, 3.8) is 0 Å². The van der Waals surface area contributed by atoms with Crippen molar-refractivity contribution in [2.24, 2.45) is 10.8 Å². The number of nitrogens with two attached hydrogens (primary N) is 1. The maximum Gasteiger partial charge on any atom is 0.239 e. The molecule has 2 aromatic carbocycles. The first kappa shape index (κ1) is 20.5. The minimum Gasteiger partial charge on any atom is -0.493 e. The Kier molecular flexibility index (Phi) is 6.56. The van der Waals surface area contributed by atoms with Gasteiger partial charge in [0.1, 0.15) is 6.17 Å². The predicted octanol–water partition coefficient (Wildman–Crippen LogP) is 2.37. The van der Waals surface area contributed by atoms with Crippen LogP contribution in [0.5, 0.6) is 17.2 Å². The Hall–Kier alpha value is -3.26. The topological polar surface area (TPSA) is 98.4 Å². The van der Waals surface area contributed by atoms with Gasteiger partial charge in [0.05, 0.1) is 27.5 Å². The van der Waals surface area contributed by atoms with Gasteiger partial charge < -0.3 is 19.9 Å². The van der Waals surface area contributed by atoms with E-state index in [4.69, 9.17) is 19.9 Å². The molecule has 8 nitrogen and oxygen atoms in total. The second-order valence-electron chi connectivity index (χ2n) is 6.59. The second kappa shape index (κ2) is 9.29. The number of amides is 1. The van der Waals surface area contributed by atoms with Crippen LogP contribution in [0.4, 0.5) is 0 Å². The van der Waals surface area contributed by atoms with Crippen molar-refractivity contribution in [1.29, 1.82) is 0 Å². The second-order valence-corrected chi connectivity index (χ2v) is 6.59. The summed E-state index contributed by atoms with van der Waals surface area (Å²) in [6.45, 7) is 0. The van der Waals surface area contributed by atoms with E-state index in [-0.39, 0.29) is 5.91 Å². The molecule has 1 heterocycles. The molecule has 1 unspecified atom stereocenters. The van der Waals surface area contributed by atoms with Gasteiger partial charge in [-0.1, -0.05) is 24.3 Å². The third kappa shape index (κ3) is 4.60. The van der Waals surface area contributed by atoms with Gasteiger partial charge in [-0.3, -0.25) is 4.79 Å². The van der Waals surface area contributed by atoms with E-state index in [0.717, 1.165) is 16.7 Å². The number of hydrogen-bond donors (Lipinski definition) is 2. The predicted molar refractivity (Wildman–Crippen MR) is 110 cm³/mol. The molecule has 0 fully saturated rings. The van der Waals surface area contributed by atoms with Crippen molar-refractivity contribution >= 4 is 12.1 Å². The number of aryl methyl sites for hydroxylation is 1. The lowest BCUT2D eigenvalue weighted by Gasteiger charge is -2.30. The zero-order valence-electron chi connectivity index (χ0n) is 16.8. The van der Waals surface area contributed by atoms with Crippen LogP contribution in [0.25, 0.3) is 0 Å². The summed E-state index contributed by atoms with van der Waals surface area (Å²) in [5.41, 5.74) is 11.8. The SMILES string of the molecule is COc1cc(CCCC(=O)NN2N=Cc3ccccc3C2N)cc(OC)c1OC. The van der Waals surface area contributed by atoms with Gasteiger partial charge in [0.25, 0.3) is 0 Å². The maximum atomic E-state index is 12.4. The molecule has 154 valence electrons. The smallest absolute Gasteiger partial charge is 0.239 e. The summed E-state index contributed by atoms with van der Waals surface area (Å²) in [6, 6.07) is 11.5. The number of hydrogen-bond acceptors (Lipinski definition) is 7. The molecule has 0 spiro atoms. The van der Waals surface area contributed by atoms with E-state index in [1.807, 2.05) is 36.4 Å². The Labute approximate surface area is 170 Å². The van der Waals surface area contributed by atoms with Crippen LogP contribution in [-0.2, 0) is 11.2 Å². The molecule has 0 saturated heterocycles. The van der Waals surface area contributed by atoms with E-state index in [0.29, 0.717) is 36.5 Å². The highest BCUT2D eigenvalue weighted by molar-refractivity contribution is 5.83. The molecule has 0 saturated carbocycles. The summed E-state index contributed by atoms with van der Waals surface area (Å²) in [7, 11) is 4.72. The van der Waals surface area contributed by atoms with Gasteiger partial charge in [-0.15, -0.1) is 0 Å². The molecular weight excluding hydrogens is 372 g/mol. The Morgan fingerprint density at radius 1 is 1.14 bits per heavy atom. The minimum absolute atomic E-state index is 0.149. The fourth-order valence-electron chi connectivity index (χ4n) is 3.24. The maximum absolute atomic E-state index is 12.4. The van der Waals surface area contributed by atoms with E-state index >= 15 is 0 Å². The molecule has 3 rings (SSSR count). The summed E-state index contributed by atoms with van der Waals surface area (Å²) in [5, 5.41) is 5.62. The first-order valence-corrected chi connectivity index (χ1v) is 9.33. The van der Waals surface area contributed by atoms with Crippen LogP contribution in [-0.4, -0.2) is 38.6 Å². The van der Waals surface area contributed by atoms with Crippen LogP contribution >= 0.6 is 0 Å². The lowest BCUT2D eigenvalue weighted by atomic mass is 10.1. The third-order valence-electron chi connectivity index (χ3n) is 4.73. The number of methoxy groups -OCH3 is 3. The van der Waals surface area contributed by atoms with E-state index in [2.05, 4.69) is 10.5 Å². The zero-order chi connectivity index (χ0) is 20.8. The van der Waals surface area contributed by atoms with Crippen LogP contribution < -0.4 is 25.4 Å². The van der Waals surface area contributed by atoms with E-state index in [1.54, 1.807) is 27.5 Å². The average Bonchev–Trinajstić information content (AvgIpc) is 2.75. The Morgan fingerprint density at radius 2 is 1.83 bits per heavy atom. The van der Waals surface area contributed by atoms with Gasteiger partial charge in [0.15, 0.2) is 11.5 Å². The summed E-state index contributed by atoms with van der Waals surface area (Å²) in [5.74, 6) is 1.59. The molecule has 0 aromatic heterocycles. The van der Waals surface area contributed by atoms with Crippen LogP contribution in [0.15, 0.2) is 41.5 Å². The van der Waals surface area contributed by atoms with E-state index in [9.17, 15) is 4.79 Å². The molecule has 1 amide bonds. The van der Waals surface area contributed by atoms with Crippen LogP contribution in [0.1, 0.15) is 35.7 Å². The largest absolute Gasteiger partial charge is 0.493 e. The lowest BCUT2D eigenvalue weighted by Crippen LogP contribution is -2.46. The standard InChI is InChI=1S/C21H26N4O4/c1-27-17-11-14(12-18(28-2)20(17)29-3)7-6-10-19(26)24-25-21(22)16-9-5-4-8-15(16)13-23-25/h4-5,8-9,11-13,21H,6-7,10,22H2,1-3H3,(H,24,26). The van der Waals surface area contributed by atoms with E-state index in [1.165, 1.54) is 5.12 Å². The van der Waals surface area contributed by atoms with Crippen molar-refractivity contribution < 1.29 is 19.0 Å². The Bertz CT molecular complexity index is 875. The van der Waals surface area contributed by atoms with Gasteiger partial charge in [-0.2, -0.15) is 10.2 Å². The van der Waals surface area contributed by atoms with Gasteiger partial charge in [0, 0.05) is 17.5 Å². The first-order valence-electron chi connectivity index (χ1n) is 9.33. The summed E-state index contributed by atoms with van der Waals surface area (Å²) in [6.07, 6.45) is 2.83. The van der Waals surface area contributed by atoms with Crippen LogP contribution in [0.3, 0.4) is 0 Å². The van der Waals surface area contributed by atoms with Crippen LogP contribution in [0, 0.1) is 0 Å². The summed E-state index contributed by atoms with van der Waals surface area (Å²) < 4.78 is 16.1. The third-order valence-corrected chi connectivity index (χ3v) is 4.73. The fraction of sp³-hybridized carbons (Fsp3) is 0.333. The Balaban J connectivity index is 1.56. The molecule has 1 aliphatic heterocycles. The van der Waals surface area contributed by atoms with Crippen molar-refractivity contribution in [1.82, 2.24) is 10.5 Å². The number of fused-ring (bicyclic) bond motifs is 1. The average molecular weight is 398 g/mol. The highest BCUT2D eigenvalue weighted by Gasteiger charge is 2.22. The molecule has 29 heavy (non-hydrogen) atoms. The van der Waals surface area contributed by atoms with E-state index < -0.39 is 6.17 Å². The molecule has 1 aliphatic rings. The molecule has 1 atom stereocenters. The molecular formula is C21H26N4O4. The molecule has 0 aliphatic carbocycles. The number of rotatable bonds is 8. The van der Waals surface area contributed by atoms with Crippen LogP contribution in [0.2, 0.25) is 0 Å². The van der Waals surface area contributed by atoms with Crippen molar-refractivity contribution in [3.05, 3.63) is 53.1 Å². The number of benzene rings is 2. The number of nitrogens with one attached hydrogen (secondary N) is 1. The quantitative estimate of drug-likeness (QED) is 0.708. The molecule has 0 radical (unpaired) electrons.